The fraction of sp³-hybridized carbons (Fsp3) is 0.579. The Hall–Kier alpha value is -1.16. The van der Waals surface area contributed by atoms with Crippen molar-refractivity contribution in [2.75, 3.05) is 13.1 Å². The molecule has 2 heterocycles. The molecule has 0 amide bonds. The molecule has 0 saturated heterocycles. The first-order chi connectivity index (χ1) is 10.6. The summed E-state index contributed by atoms with van der Waals surface area (Å²) < 4.78 is 0. The number of rotatable bonds is 4. The van der Waals surface area contributed by atoms with E-state index in [0.29, 0.717) is 12.0 Å². The molecule has 0 saturated carbocycles. The minimum Gasteiger partial charge on any atom is -0.392 e. The molecule has 1 aromatic carbocycles. The van der Waals surface area contributed by atoms with Crippen molar-refractivity contribution >= 4 is 0 Å². The Morgan fingerprint density at radius 1 is 1.18 bits per heavy atom. The Kier molecular flexibility index (Phi) is 4.67. The molecule has 1 aromatic rings. The van der Waals surface area contributed by atoms with Crippen LogP contribution >= 0.6 is 0 Å². The zero-order valence-corrected chi connectivity index (χ0v) is 13.7. The number of aliphatic hydroxyl groups excluding tert-OH is 2. The summed E-state index contributed by atoms with van der Waals surface area (Å²) >= 11 is 0. The Balaban J connectivity index is 1.89. The molecule has 3 heteroatoms. The molecule has 1 atom stereocenters. The first kappa shape index (κ1) is 15.7. The quantitative estimate of drug-likeness (QED) is 0.840. The summed E-state index contributed by atoms with van der Waals surface area (Å²) in [6, 6.07) is 4.67. The van der Waals surface area contributed by atoms with Crippen LogP contribution in [0.1, 0.15) is 55.0 Å². The van der Waals surface area contributed by atoms with Gasteiger partial charge in [-0.15, -0.1) is 0 Å². The van der Waals surface area contributed by atoms with Crippen LogP contribution in [-0.2, 0) is 19.6 Å². The van der Waals surface area contributed by atoms with Crippen molar-refractivity contribution in [3.63, 3.8) is 0 Å². The molecule has 0 fully saturated rings. The molecular weight excluding hydrogens is 274 g/mol. The van der Waals surface area contributed by atoms with Crippen molar-refractivity contribution in [1.82, 2.24) is 4.90 Å². The average Bonchev–Trinajstić information content (AvgIpc) is 2.52. The summed E-state index contributed by atoms with van der Waals surface area (Å²) in [6.45, 7) is 6.75. The number of aliphatic hydroxyl groups is 2. The highest BCUT2D eigenvalue weighted by molar-refractivity contribution is 5.42. The van der Waals surface area contributed by atoms with E-state index in [9.17, 15) is 10.2 Å². The predicted molar refractivity (Wildman–Crippen MR) is 88.5 cm³/mol. The first-order valence-electron chi connectivity index (χ1n) is 8.40. The Morgan fingerprint density at radius 2 is 1.91 bits per heavy atom. The van der Waals surface area contributed by atoms with Crippen LogP contribution in [0.4, 0.5) is 0 Å². The molecule has 0 spiro atoms. The number of nitrogens with zero attached hydrogens (tertiary/aromatic N) is 1. The third kappa shape index (κ3) is 2.98. The Bertz CT molecular complexity index is 577. The smallest absolute Gasteiger partial charge is 0.0685 e. The van der Waals surface area contributed by atoms with Crippen LogP contribution in [0, 0.1) is 5.92 Å². The lowest BCUT2D eigenvalue weighted by atomic mass is 9.84. The number of hydrogen-bond donors (Lipinski definition) is 2. The fourth-order valence-corrected chi connectivity index (χ4v) is 3.94. The lowest BCUT2D eigenvalue weighted by molar-refractivity contribution is 0.187. The second-order valence-corrected chi connectivity index (χ2v) is 7.07. The largest absolute Gasteiger partial charge is 0.392 e. The summed E-state index contributed by atoms with van der Waals surface area (Å²) in [5.41, 5.74) is 6.03. The molecule has 2 aliphatic rings. The van der Waals surface area contributed by atoms with Gasteiger partial charge in [0, 0.05) is 19.1 Å². The van der Waals surface area contributed by atoms with E-state index in [0.717, 1.165) is 37.1 Å². The average molecular weight is 301 g/mol. The standard InChI is InChI=1S/C19H27NO2/c1-13(2)7-14-3-4-19-18-9-17(12-22)16(11-21)8-15(18)5-6-20(19)10-14/h3,8-9,13,19,21-22H,4-7,10-12H2,1-2H3. The van der Waals surface area contributed by atoms with Crippen LogP contribution in [0.3, 0.4) is 0 Å². The van der Waals surface area contributed by atoms with Gasteiger partial charge in [0.25, 0.3) is 0 Å². The van der Waals surface area contributed by atoms with Crippen molar-refractivity contribution in [2.24, 2.45) is 5.92 Å². The van der Waals surface area contributed by atoms with Gasteiger partial charge in [-0.3, -0.25) is 4.90 Å². The van der Waals surface area contributed by atoms with Gasteiger partial charge in [-0.05, 0) is 47.4 Å². The van der Waals surface area contributed by atoms with E-state index in [1.807, 2.05) is 0 Å². The fourth-order valence-electron chi connectivity index (χ4n) is 3.94. The third-order valence-corrected chi connectivity index (χ3v) is 4.98. The summed E-state index contributed by atoms with van der Waals surface area (Å²) in [6.07, 6.45) is 5.73. The van der Waals surface area contributed by atoms with Crippen molar-refractivity contribution < 1.29 is 10.2 Å². The minimum absolute atomic E-state index is 0.00430. The minimum atomic E-state index is 0.00430. The monoisotopic (exact) mass is 301 g/mol. The van der Waals surface area contributed by atoms with E-state index in [2.05, 4.69) is 37.0 Å². The highest BCUT2D eigenvalue weighted by atomic mass is 16.3. The topological polar surface area (TPSA) is 43.7 Å². The maximum atomic E-state index is 9.55. The highest BCUT2D eigenvalue weighted by Crippen LogP contribution is 2.38. The first-order valence-corrected chi connectivity index (χ1v) is 8.40. The molecule has 120 valence electrons. The molecular formula is C19H27NO2. The predicted octanol–water partition coefficient (Wildman–Crippen LogP) is 2.95. The lowest BCUT2D eigenvalue weighted by Gasteiger charge is -2.41. The zero-order chi connectivity index (χ0) is 15.7. The van der Waals surface area contributed by atoms with Crippen LogP contribution in [-0.4, -0.2) is 28.2 Å². The van der Waals surface area contributed by atoms with Gasteiger partial charge in [0.2, 0.25) is 0 Å². The van der Waals surface area contributed by atoms with Gasteiger partial charge >= 0.3 is 0 Å². The summed E-state index contributed by atoms with van der Waals surface area (Å²) in [4.78, 5) is 2.58. The van der Waals surface area contributed by atoms with Gasteiger partial charge < -0.3 is 10.2 Å². The number of fused-ring (bicyclic) bond motifs is 3. The van der Waals surface area contributed by atoms with Gasteiger partial charge in [0.15, 0.2) is 0 Å². The molecule has 0 aliphatic carbocycles. The Morgan fingerprint density at radius 3 is 2.59 bits per heavy atom. The van der Waals surface area contributed by atoms with Crippen LogP contribution < -0.4 is 0 Å². The van der Waals surface area contributed by atoms with Crippen LogP contribution in [0.5, 0.6) is 0 Å². The summed E-state index contributed by atoms with van der Waals surface area (Å²) in [5.74, 6) is 0.716. The van der Waals surface area contributed by atoms with E-state index in [1.54, 1.807) is 5.57 Å². The van der Waals surface area contributed by atoms with Crippen LogP contribution in [0.15, 0.2) is 23.8 Å². The van der Waals surface area contributed by atoms with Crippen molar-refractivity contribution in [3.05, 3.63) is 46.0 Å². The van der Waals surface area contributed by atoms with Gasteiger partial charge in [-0.2, -0.15) is 0 Å². The Labute approximate surface area is 133 Å². The summed E-state index contributed by atoms with van der Waals surface area (Å²) in [5, 5.41) is 19.0. The SMILES string of the molecule is CC(C)CC1=CCC2c3cc(CO)c(CO)cc3CCN2C1. The molecule has 2 aliphatic heterocycles. The van der Waals surface area contributed by atoms with Gasteiger partial charge in [0.05, 0.1) is 13.2 Å². The van der Waals surface area contributed by atoms with Crippen LogP contribution in [0.2, 0.25) is 0 Å². The van der Waals surface area contributed by atoms with E-state index >= 15 is 0 Å². The van der Waals surface area contributed by atoms with Crippen molar-refractivity contribution in [3.8, 4) is 0 Å². The van der Waals surface area contributed by atoms with E-state index in [-0.39, 0.29) is 13.2 Å². The molecule has 1 unspecified atom stereocenters. The second-order valence-electron chi connectivity index (χ2n) is 7.07. The molecule has 0 aromatic heterocycles. The number of hydrogen-bond acceptors (Lipinski definition) is 3. The molecule has 0 radical (unpaired) electrons. The van der Waals surface area contributed by atoms with Gasteiger partial charge in [0.1, 0.15) is 0 Å². The second kappa shape index (κ2) is 6.53. The highest BCUT2D eigenvalue weighted by Gasteiger charge is 2.30. The third-order valence-electron chi connectivity index (χ3n) is 4.98. The van der Waals surface area contributed by atoms with Crippen molar-refractivity contribution in [2.45, 2.75) is 52.4 Å². The molecule has 2 N–H and O–H groups in total. The van der Waals surface area contributed by atoms with E-state index < -0.39 is 0 Å². The van der Waals surface area contributed by atoms with Crippen LogP contribution in [0.25, 0.3) is 0 Å². The van der Waals surface area contributed by atoms with Gasteiger partial charge in [-0.25, -0.2) is 0 Å². The normalized spacial score (nSPS) is 21.5. The molecule has 22 heavy (non-hydrogen) atoms. The maximum absolute atomic E-state index is 9.55. The summed E-state index contributed by atoms with van der Waals surface area (Å²) in [7, 11) is 0. The zero-order valence-electron chi connectivity index (χ0n) is 13.7. The van der Waals surface area contributed by atoms with Crippen molar-refractivity contribution in [1.29, 1.82) is 0 Å². The van der Waals surface area contributed by atoms with E-state index in [4.69, 9.17) is 0 Å². The molecule has 3 rings (SSSR count). The van der Waals surface area contributed by atoms with Gasteiger partial charge in [-0.1, -0.05) is 37.6 Å². The van der Waals surface area contributed by atoms with E-state index in [1.165, 1.54) is 17.5 Å². The molecule has 0 bridgehead atoms. The maximum Gasteiger partial charge on any atom is 0.0685 e. The lowest BCUT2D eigenvalue weighted by Crippen LogP contribution is -2.39. The number of benzene rings is 1. The molecule has 3 nitrogen and oxygen atoms in total.